The number of benzene rings is 1. The van der Waals surface area contributed by atoms with Gasteiger partial charge >= 0.3 is 0 Å². The van der Waals surface area contributed by atoms with E-state index in [1.165, 1.54) is 0 Å². The van der Waals surface area contributed by atoms with Gasteiger partial charge in [-0.25, -0.2) is 0 Å². The largest absolute Gasteiger partial charge is 0.143 e. The van der Waals surface area contributed by atoms with E-state index in [-0.39, 0.29) is 4.83 Å². The molecule has 1 aromatic carbocycles. The Labute approximate surface area is 128 Å². The highest BCUT2D eigenvalue weighted by Gasteiger charge is 2.12. The summed E-state index contributed by atoms with van der Waals surface area (Å²) < 4.78 is 0. The molecule has 6 heteroatoms. The highest BCUT2D eigenvalue weighted by Crippen LogP contribution is 2.30. The second kappa shape index (κ2) is 6.33. The molecule has 96 valence electrons. The number of hydrogen-bond donors (Lipinski definition) is 0. The van der Waals surface area contributed by atoms with Crippen LogP contribution in [0, 0.1) is 0 Å². The summed E-state index contributed by atoms with van der Waals surface area (Å²) >= 11 is 17.1. The van der Waals surface area contributed by atoms with Crippen molar-refractivity contribution in [2.75, 3.05) is 0 Å². The molecule has 0 fully saturated rings. The van der Waals surface area contributed by atoms with Crippen LogP contribution in [0.4, 0.5) is 0 Å². The predicted molar refractivity (Wildman–Crippen MR) is 81.1 cm³/mol. The summed E-state index contributed by atoms with van der Waals surface area (Å²) in [5.74, 6) is 0. The van der Waals surface area contributed by atoms with E-state index < -0.39 is 0 Å². The second-order valence-corrected chi connectivity index (χ2v) is 6.85. The Kier molecular flexibility index (Phi) is 5.01. The lowest BCUT2D eigenvalue weighted by molar-refractivity contribution is 0.862. The third-order valence-electron chi connectivity index (χ3n) is 2.45. The van der Waals surface area contributed by atoms with Crippen LogP contribution in [0.5, 0.6) is 0 Å². The van der Waals surface area contributed by atoms with E-state index >= 15 is 0 Å². The van der Waals surface area contributed by atoms with Crippen molar-refractivity contribution in [2.45, 2.75) is 24.6 Å². The molecule has 1 unspecified atom stereocenters. The van der Waals surface area contributed by atoms with E-state index in [2.05, 4.69) is 33.1 Å². The molecular formula is C12H11BrCl2N2S. The second-order valence-electron chi connectivity index (χ2n) is 3.84. The molecule has 0 aliphatic carbocycles. The molecule has 1 heterocycles. The van der Waals surface area contributed by atoms with Crippen molar-refractivity contribution in [1.82, 2.24) is 10.2 Å². The molecular weight excluding hydrogens is 355 g/mol. The maximum Gasteiger partial charge on any atom is 0.131 e. The normalized spacial score (nSPS) is 12.7. The van der Waals surface area contributed by atoms with Crippen LogP contribution in [-0.2, 0) is 6.42 Å². The summed E-state index contributed by atoms with van der Waals surface area (Å²) in [6, 6.07) is 5.64. The number of rotatable bonds is 4. The highest BCUT2D eigenvalue weighted by atomic mass is 79.9. The molecule has 0 saturated carbocycles. The Bertz CT molecular complexity index is 545. The lowest BCUT2D eigenvalue weighted by Gasteiger charge is -2.00. The third kappa shape index (κ3) is 3.44. The maximum absolute atomic E-state index is 5.99. The molecule has 1 aromatic heterocycles. The first-order valence-electron chi connectivity index (χ1n) is 5.50. The van der Waals surface area contributed by atoms with Gasteiger partial charge in [-0.2, -0.15) is 0 Å². The van der Waals surface area contributed by atoms with Crippen molar-refractivity contribution in [3.63, 3.8) is 0 Å². The zero-order valence-electron chi connectivity index (χ0n) is 9.66. The van der Waals surface area contributed by atoms with Gasteiger partial charge in [0.2, 0.25) is 0 Å². The number of nitrogens with zero attached hydrogens (tertiary/aromatic N) is 2. The van der Waals surface area contributed by atoms with Crippen molar-refractivity contribution < 1.29 is 0 Å². The van der Waals surface area contributed by atoms with Gasteiger partial charge in [-0.1, -0.05) is 63.5 Å². The topological polar surface area (TPSA) is 25.8 Å². The predicted octanol–water partition coefficient (Wildman–Crippen LogP) is 5.28. The highest BCUT2D eigenvalue weighted by molar-refractivity contribution is 9.09. The van der Waals surface area contributed by atoms with Gasteiger partial charge in [0.25, 0.3) is 0 Å². The first-order valence-corrected chi connectivity index (χ1v) is 7.99. The lowest BCUT2D eigenvalue weighted by atomic mass is 10.2. The van der Waals surface area contributed by atoms with Gasteiger partial charge in [0.15, 0.2) is 0 Å². The fourth-order valence-corrected chi connectivity index (χ4v) is 3.09. The molecule has 0 N–H and O–H groups in total. The van der Waals surface area contributed by atoms with Crippen molar-refractivity contribution in [1.29, 1.82) is 0 Å². The first kappa shape index (κ1) is 14.3. The van der Waals surface area contributed by atoms with Gasteiger partial charge < -0.3 is 0 Å². The molecule has 18 heavy (non-hydrogen) atoms. The van der Waals surface area contributed by atoms with Crippen LogP contribution in [0.25, 0.3) is 0 Å². The van der Waals surface area contributed by atoms with Gasteiger partial charge in [-0.05, 0) is 24.1 Å². The van der Waals surface area contributed by atoms with Crippen LogP contribution < -0.4 is 0 Å². The van der Waals surface area contributed by atoms with Crippen LogP contribution >= 0.6 is 50.5 Å². The quantitative estimate of drug-likeness (QED) is 0.688. The van der Waals surface area contributed by atoms with Gasteiger partial charge in [-0.3, -0.25) is 0 Å². The summed E-state index contributed by atoms with van der Waals surface area (Å²) in [6.07, 6.45) is 1.74. The average Bonchev–Trinajstić information content (AvgIpc) is 2.81. The Morgan fingerprint density at radius 3 is 2.72 bits per heavy atom. The van der Waals surface area contributed by atoms with E-state index in [0.29, 0.717) is 10.0 Å². The van der Waals surface area contributed by atoms with Crippen molar-refractivity contribution in [2.24, 2.45) is 0 Å². The van der Waals surface area contributed by atoms with Gasteiger partial charge in [0.05, 0.1) is 14.9 Å². The van der Waals surface area contributed by atoms with Crippen LogP contribution in [0.3, 0.4) is 0 Å². The van der Waals surface area contributed by atoms with Crippen molar-refractivity contribution in [3.05, 3.63) is 43.8 Å². The maximum atomic E-state index is 5.99. The smallest absolute Gasteiger partial charge is 0.131 e. The zero-order valence-corrected chi connectivity index (χ0v) is 13.6. The van der Waals surface area contributed by atoms with E-state index in [9.17, 15) is 0 Å². The number of aromatic nitrogens is 2. The molecule has 2 nitrogen and oxygen atoms in total. The Morgan fingerprint density at radius 1 is 1.28 bits per heavy atom. The van der Waals surface area contributed by atoms with Crippen LogP contribution in [0.2, 0.25) is 10.0 Å². The number of alkyl halides is 1. The van der Waals surface area contributed by atoms with Crippen LogP contribution in [0.15, 0.2) is 18.2 Å². The SMILES string of the molecule is CCC(Br)c1nnc(Cc2ccc(Cl)c(Cl)c2)s1. The van der Waals surface area contributed by atoms with Gasteiger partial charge in [-0.15, -0.1) is 10.2 Å². The summed E-state index contributed by atoms with van der Waals surface area (Å²) in [5.41, 5.74) is 1.09. The Balaban J connectivity index is 2.13. The fraction of sp³-hybridized carbons (Fsp3) is 0.333. The molecule has 0 aliphatic rings. The minimum absolute atomic E-state index is 0.289. The summed E-state index contributed by atoms with van der Waals surface area (Å²) in [7, 11) is 0. The molecule has 0 radical (unpaired) electrons. The molecule has 0 amide bonds. The van der Waals surface area contributed by atoms with E-state index in [1.807, 2.05) is 12.1 Å². The summed E-state index contributed by atoms with van der Waals surface area (Å²) in [6.45, 7) is 2.11. The van der Waals surface area contributed by atoms with Crippen molar-refractivity contribution >= 4 is 50.5 Å². The first-order chi connectivity index (χ1) is 8.60. The zero-order chi connectivity index (χ0) is 13.1. The molecule has 0 bridgehead atoms. The monoisotopic (exact) mass is 364 g/mol. The fourth-order valence-electron chi connectivity index (χ4n) is 1.46. The van der Waals surface area contributed by atoms with Gasteiger partial charge in [0.1, 0.15) is 10.0 Å². The average molecular weight is 366 g/mol. The van der Waals surface area contributed by atoms with E-state index in [0.717, 1.165) is 28.4 Å². The molecule has 0 aliphatic heterocycles. The lowest BCUT2D eigenvalue weighted by Crippen LogP contribution is -1.87. The minimum atomic E-state index is 0.289. The van der Waals surface area contributed by atoms with E-state index in [1.54, 1.807) is 17.4 Å². The molecule has 0 saturated heterocycles. The third-order valence-corrected chi connectivity index (χ3v) is 5.61. The number of hydrogen-bond acceptors (Lipinski definition) is 3. The van der Waals surface area contributed by atoms with Crippen molar-refractivity contribution in [3.8, 4) is 0 Å². The standard InChI is InChI=1S/C12H11BrCl2N2S/c1-2-8(13)12-17-16-11(18-12)6-7-3-4-9(14)10(15)5-7/h3-5,8H,2,6H2,1H3. The molecule has 0 spiro atoms. The van der Waals surface area contributed by atoms with Crippen LogP contribution in [0.1, 0.15) is 33.8 Å². The number of halogens is 3. The Morgan fingerprint density at radius 2 is 2.06 bits per heavy atom. The summed E-state index contributed by atoms with van der Waals surface area (Å²) in [5, 5.41) is 11.5. The molecule has 2 aromatic rings. The van der Waals surface area contributed by atoms with E-state index in [4.69, 9.17) is 23.2 Å². The summed E-state index contributed by atoms with van der Waals surface area (Å²) in [4.78, 5) is 0.289. The molecule has 1 atom stereocenters. The minimum Gasteiger partial charge on any atom is -0.143 e. The molecule has 2 rings (SSSR count). The van der Waals surface area contributed by atoms with Crippen LogP contribution in [-0.4, -0.2) is 10.2 Å². The Hall–Kier alpha value is -0.160. The van der Waals surface area contributed by atoms with Gasteiger partial charge in [0, 0.05) is 6.42 Å².